The van der Waals surface area contributed by atoms with Crippen molar-refractivity contribution in [3.8, 4) is 0 Å². The summed E-state index contributed by atoms with van der Waals surface area (Å²) < 4.78 is 0. The molecule has 2 N–H and O–H groups in total. The molecule has 0 spiro atoms. The number of halogens is 1. The van der Waals surface area contributed by atoms with Crippen molar-refractivity contribution < 1.29 is 0 Å². The Kier molecular flexibility index (Phi) is 4.80. The summed E-state index contributed by atoms with van der Waals surface area (Å²) >= 11 is 1.72. The maximum Gasteiger partial charge on any atom is 0.107 e. The molecule has 0 amide bonds. The highest BCUT2D eigenvalue weighted by Crippen LogP contribution is 2.26. The summed E-state index contributed by atoms with van der Waals surface area (Å²) in [5.74, 6) is 0. The first kappa shape index (κ1) is 14.3. The Morgan fingerprint density at radius 2 is 2.26 bits per heavy atom. The van der Waals surface area contributed by atoms with Gasteiger partial charge in [-0.05, 0) is 24.5 Å². The molecule has 3 nitrogen and oxygen atoms in total. The van der Waals surface area contributed by atoms with Gasteiger partial charge in [0, 0.05) is 36.4 Å². The number of para-hydroxylation sites is 1. The van der Waals surface area contributed by atoms with Crippen LogP contribution >= 0.6 is 23.7 Å². The summed E-state index contributed by atoms with van der Waals surface area (Å²) in [6, 6.07) is 6.55. The first-order valence-electron chi connectivity index (χ1n) is 6.29. The molecule has 0 atom stereocenters. The molecule has 2 aromatic rings. The minimum absolute atomic E-state index is 0. The highest BCUT2D eigenvalue weighted by atomic mass is 35.5. The normalized spacial score (nSPS) is 12.7. The van der Waals surface area contributed by atoms with Crippen molar-refractivity contribution in [2.24, 2.45) is 0 Å². The van der Waals surface area contributed by atoms with Gasteiger partial charge in [-0.15, -0.1) is 23.7 Å². The van der Waals surface area contributed by atoms with Crippen LogP contribution in [0.4, 0.5) is 5.69 Å². The molecule has 1 aromatic heterocycles. The van der Waals surface area contributed by atoms with Gasteiger partial charge in [0.15, 0.2) is 0 Å². The third-order valence-corrected chi connectivity index (χ3v) is 4.16. The van der Waals surface area contributed by atoms with Crippen molar-refractivity contribution in [1.29, 1.82) is 0 Å². The molecule has 0 saturated carbocycles. The van der Waals surface area contributed by atoms with Gasteiger partial charge in [-0.3, -0.25) is 0 Å². The van der Waals surface area contributed by atoms with E-state index in [0.29, 0.717) is 0 Å². The SMILES string of the molecule is Cc1csc(CNCc2cccc3c2NCC3)n1.Cl. The van der Waals surface area contributed by atoms with Crippen molar-refractivity contribution in [2.45, 2.75) is 26.4 Å². The first-order chi connectivity index (χ1) is 8.83. The number of nitrogens with zero attached hydrogens (tertiary/aromatic N) is 1. The lowest BCUT2D eigenvalue weighted by molar-refractivity contribution is 0.690. The number of thiazole rings is 1. The van der Waals surface area contributed by atoms with Crippen LogP contribution in [0.25, 0.3) is 0 Å². The molecule has 0 radical (unpaired) electrons. The third-order valence-electron chi connectivity index (χ3n) is 3.19. The molecule has 1 aliphatic heterocycles. The van der Waals surface area contributed by atoms with Crippen LogP contribution in [0.5, 0.6) is 0 Å². The Labute approximate surface area is 123 Å². The second-order valence-electron chi connectivity index (χ2n) is 4.61. The summed E-state index contributed by atoms with van der Waals surface area (Å²) in [5.41, 5.74) is 5.25. The fourth-order valence-electron chi connectivity index (χ4n) is 2.35. The predicted octanol–water partition coefficient (Wildman–Crippen LogP) is 3.13. The number of fused-ring (bicyclic) bond motifs is 1. The molecule has 0 unspecified atom stereocenters. The van der Waals surface area contributed by atoms with Crippen LogP contribution in [-0.2, 0) is 19.5 Å². The van der Waals surface area contributed by atoms with Crippen LogP contribution in [0, 0.1) is 6.92 Å². The zero-order valence-corrected chi connectivity index (χ0v) is 12.5. The molecule has 102 valence electrons. The van der Waals surface area contributed by atoms with Crippen LogP contribution in [-0.4, -0.2) is 11.5 Å². The Hall–Kier alpha value is -1.10. The van der Waals surface area contributed by atoms with E-state index in [1.54, 1.807) is 11.3 Å². The standard InChI is InChI=1S/C14H17N3S.ClH/c1-10-9-18-13(17-10)8-15-7-12-4-2-3-11-5-6-16-14(11)12;/h2-4,9,15-16H,5-8H2,1H3;1H. The van der Waals surface area contributed by atoms with Crippen molar-refractivity contribution in [3.05, 3.63) is 45.4 Å². The number of anilines is 1. The maximum atomic E-state index is 4.45. The van der Waals surface area contributed by atoms with E-state index in [-0.39, 0.29) is 12.4 Å². The van der Waals surface area contributed by atoms with Gasteiger partial charge in [-0.25, -0.2) is 4.98 Å². The average molecular weight is 296 g/mol. The Balaban J connectivity index is 0.00000133. The largest absolute Gasteiger partial charge is 0.384 e. The van der Waals surface area contributed by atoms with E-state index in [4.69, 9.17) is 0 Å². The molecule has 0 fully saturated rings. The van der Waals surface area contributed by atoms with Crippen molar-refractivity contribution in [3.63, 3.8) is 0 Å². The minimum atomic E-state index is 0. The molecule has 2 heterocycles. The molecular formula is C14H18ClN3S. The van der Waals surface area contributed by atoms with Crippen LogP contribution in [0.1, 0.15) is 21.8 Å². The number of aryl methyl sites for hydroxylation is 1. The molecule has 1 aliphatic rings. The number of nitrogens with one attached hydrogen (secondary N) is 2. The lowest BCUT2D eigenvalue weighted by Gasteiger charge is -2.09. The lowest BCUT2D eigenvalue weighted by Crippen LogP contribution is -2.13. The molecule has 0 aliphatic carbocycles. The van der Waals surface area contributed by atoms with Crippen molar-refractivity contribution >= 4 is 29.4 Å². The highest BCUT2D eigenvalue weighted by molar-refractivity contribution is 7.09. The van der Waals surface area contributed by atoms with E-state index in [2.05, 4.69) is 39.2 Å². The van der Waals surface area contributed by atoms with Gasteiger partial charge in [0.05, 0.1) is 0 Å². The monoisotopic (exact) mass is 295 g/mol. The van der Waals surface area contributed by atoms with E-state index >= 15 is 0 Å². The lowest BCUT2D eigenvalue weighted by atomic mass is 10.1. The zero-order valence-electron chi connectivity index (χ0n) is 10.9. The molecule has 0 bridgehead atoms. The van der Waals surface area contributed by atoms with Crippen LogP contribution in [0.15, 0.2) is 23.6 Å². The second kappa shape index (κ2) is 6.37. The van der Waals surface area contributed by atoms with Crippen LogP contribution < -0.4 is 10.6 Å². The Morgan fingerprint density at radius 3 is 3.05 bits per heavy atom. The molecule has 19 heavy (non-hydrogen) atoms. The number of benzene rings is 1. The molecule has 1 aromatic carbocycles. The maximum absolute atomic E-state index is 4.45. The second-order valence-corrected chi connectivity index (χ2v) is 5.56. The number of hydrogen-bond acceptors (Lipinski definition) is 4. The molecule has 5 heteroatoms. The van der Waals surface area contributed by atoms with Crippen LogP contribution in [0.3, 0.4) is 0 Å². The average Bonchev–Trinajstić information content (AvgIpc) is 2.98. The summed E-state index contributed by atoms with van der Waals surface area (Å²) in [6.07, 6.45) is 1.15. The quantitative estimate of drug-likeness (QED) is 0.910. The Bertz CT molecular complexity index is 553. The van der Waals surface area contributed by atoms with Gasteiger partial charge in [-0.1, -0.05) is 18.2 Å². The van der Waals surface area contributed by atoms with Crippen molar-refractivity contribution in [1.82, 2.24) is 10.3 Å². The Morgan fingerprint density at radius 1 is 1.37 bits per heavy atom. The van der Waals surface area contributed by atoms with Gasteiger partial charge in [-0.2, -0.15) is 0 Å². The van der Waals surface area contributed by atoms with E-state index in [1.807, 2.05) is 6.92 Å². The highest BCUT2D eigenvalue weighted by Gasteiger charge is 2.12. The van der Waals surface area contributed by atoms with E-state index in [9.17, 15) is 0 Å². The summed E-state index contributed by atoms with van der Waals surface area (Å²) in [6.45, 7) is 4.85. The predicted molar refractivity (Wildman–Crippen MR) is 83.3 cm³/mol. The molecule has 0 saturated heterocycles. The summed E-state index contributed by atoms with van der Waals surface area (Å²) in [7, 11) is 0. The van der Waals surface area contributed by atoms with E-state index in [0.717, 1.165) is 36.8 Å². The third kappa shape index (κ3) is 3.26. The summed E-state index contributed by atoms with van der Waals surface area (Å²) in [5, 5.41) is 10.2. The van der Waals surface area contributed by atoms with Gasteiger partial charge in [0.1, 0.15) is 5.01 Å². The van der Waals surface area contributed by atoms with Crippen LogP contribution in [0.2, 0.25) is 0 Å². The fourth-order valence-corrected chi connectivity index (χ4v) is 3.09. The van der Waals surface area contributed by atoms with E-state index < -0.39 is 0 Å². The number of rotatable bonds is 4. The number of hydrogen-bond donors (Lipinski definition) is 2. The smallest absolute Gasteiger partial charge is 0.107 e. The van der Waals surface area contributed by atoms with Crippen molar-refractivity contribution in [2.75, 3.05) is 11.9 Å². The molecular weight excluding hydrogens is 278 g/mol. The fraction of sp³-hybridized carbons (Fsp3) is 0.357. The first-order valence-corrected chi connectivity index (χ1v) is 7.17. The molecule has 3 rings (SSSR count). The van der Waals surface area contributed by atoms with E-state index in [1.165, 1.54) is 16.8 Å². The number of aromatic nitrogens is 1. The zero-order chi connectivity index (χ0) is 12.4. The van der Waals surface area contributed by atoms with Gasteiger partial charge < -0.3 is 10.6 Å². The van der Waals surface area contributed by atoms with Gasteiger partial charge in [0.25, 0.3) is 0 Å². The minimum Gasteiger partial charge on any atom is -0.384 e. The topological polar surface area (TPSA) is 37.0 Å². The van der Waals surface area contributed by atoms with Gasteiger partial charge in [0.2, 0.25) is 0 Å². The summed E-state index contributed by atoms with van der Waals surface area (Å²) in [4.78, 5) is 4.45. The van der Waals surface area contributed by atoms with Gasteiger partial charge >= 0.3 is 0 Å².